The zero-order valence-electron chi connectivity index (χ0n) is 10.8. The summed E-state index contributed by atoms with van der Waals surface area (Å²) in [5.74, 6) is 0.591. The van der Waals surface area contributed by atoms with Gasteiger partial charge >= 0.3 is 0 Å². The predicted octanol–water partition coefficient (Wildman–Crippen LogP) is 2.14. The number of amides is 1. The van der Waals surface area contributed by atoms with Crippen LogP contribution in [0.1, 0.15) is 23.5 Å². The van der Waals surface area contributed by atoms with Crippen LogP contribution in [0, 0.1) is 5.92 Å². The summed E-state index contributed by atoms with van der Waals surface area (Å²) in [5.41, 5.74) is 5.59. The third-order valence-electron chi connectivity index (χ3n) is 2.69. The highest BCUT2D eigenvalue weighted by atomic mass is 32.1. The monoisotopic (exact) mass is 286 g/mol. The van der Waals surface area contributed by atoms with Crippen molar-refractivity contribution in [2.24, 2.45) is 11.7 Å². The van der Waals surface area contributed by atoms with Gasteiger partial charge in [0.05, 0.1) is 12.1 Å². The van der Waals surface area contributed by atoms with E-state index in [0.29, 0.717) is 28.7 Å². The molecular formula is C12H18N2O2S2. The van der Waals surface area contributed by atoms with Crippen molar-refractivity contribution in [3.8, 4) is 5.75 Å². The Balaban J connectivity index is 2.83. The molecule has 0 aliphatic heterocycles. The maximum Gasteiger partial charge on any atom is 0.267 e. The van der Waals surface area contributed by atoms with E-state index in [0.717, 1.165) is 0 Å². The molecule has 0 aliphatic rings. The first kappa shape index (κ1) is 14.9. The molecule has 1 heterocycles. The van der Waals surface area contributed by atoms with Crippen LogP contribution in [0.4, 0.5) is 0 Å². The second kappa shape index (κ2) is 6.70. The predicted molar refractivity (Wildman–Crippen MR) is 78.4 cm³/mol. The van der Waals surface area contributed by atoms with Crippen molar-refractivity contribution in [2.75, 3.05) is 20.2 Å². The van der Waals surface area contributed by atoms with Crippen molar-refractivity contribution in [3.05, 3.63) is 16.3 Å². The highest BCUT2D eigenvalue weighted by Gasteiger charge is 2.22. The van der Waals surface area contributed by atoms with Gasteiger partial charge in [-0.2, -0.15) is 0 Å². The Morgan fingerprint density at radius 2 is 2.33 bits per heavy atom. The summed E-state index contributed by atoms with van der Waals surface area (Å²) >= 11 is 6.32. The molecule has 1 unspecified atom stereocenters. The van der Waals surface area contributed by atoms with Gasteiger partial charge in [-0.1, -0.05) is 19.1 Å². The summed E-state index contributed by atoms with van der Waals surface area (Å²) in [6, 6.07) is 1.79. The van der Waals surface area contributed by atoms with Crippen molar-refractivity contribution >= 4 is 34.5 Å². The van der Waals surface area contributed by atoms with Gasteiger partial charge in [0.2, 0.25) is 0 Å². The summed E-state index contributed by atoms with van der Waals surface area (Å²) in [5, 5.41) is 1.84. The first-order chi connectivity index (χ1) is 8.51. The molecule has 1 aromatic heterocycles. The summed E-state index contributed by atoms with van der Waals surface area (Å²) in [6.45, 7) is 5.01. The first-order valence-electron chi connectivity index (χ1n) is 5.71. The molecule has 0 saturated carbocycles. The molecule has 1 atom stereocenters. The normalized spacial score (nSPS) is 11.9. The number of rotatable bonds is 6. The molecular weight excluding hydrogens is 268 g/mol. The third-order valence-corrected chi connectivity index (χ3v) is 3.98. The summed E-state index contributed by atoms with van der Waals surface area (Å²) in [6.07, 6.45) is 0. The molecule has 18 heavy (non-hydrogen) atoms. The molecule has 0 bridgehead atoms. The number of methoxy groups -OCH3 is 1. The Kier molecular flexibility index (Phi) is 5.55. The van der Waals surface area contributed by atoms with Crippen LogP contribution in [0.2, 0.25) is 0 Å². The summed E-state index contributed by atoms with van der Waals surface area (Å²) in [4.78, 5) is 15.1. The van der Waals surface area contributed by atoms with Gasteiger partial charge in [0.25, 0.3) is 5.91 Å². The Morgan fingerprint density at radius 1 is 1.67 bits per heavy atom. The number of hydrogen-bond donors (Lipinski definition) is 1. The lowest BCUT2D eigenvalue weighted by molar-refractivity contribution is 0.0756. The molecule has 2 N–H and O–H groups in total. The molecule has 1 amide bonds. The number of thiocarbonyl (C=S) groups is 1. The lowest BCUT2D eigenvalue weighted by Crippen LogP contribution is -2.37. The van der Waals surface area contributed by atoms with E-state index in [1.54, 1.807) is 18.1 Å². The Bertz CT molecular complexity index is 431. The molecule has 1 rings (SSSR count). The van der Waals surface area contributed by atoms with E-state index in [-0.39, 0.29) is 11.8 Å². The highest BCUT2D eigenvalue weighted by Crippen LogP contribution is 2.26. The van der Waals surface area contributed by atoms with Gasteiger partial charge in [-0.25, -0.2) is 0 Å². The van der Waals surface area contributed by atoms with E-state index in [4.69, 9.17) is 22.7 Å². The van der Waals surface area contributed by atoms with Crippen molar-refractivity contribution in [3.63, 3.8) is 0 Å². The van der Waals surface area contributed by atoms with Crippen LogP contribution in [0.15, 0.2) is 11.4 Å². The molecule has 0 saturated heterocycles. The summed E-state index contributed by atoms with van der Waals surface area (Å²) < 4.78 is 5.17. The first-order valence-corrected chi connectivity index (χ1v) is 7.00. The average molecular weight is 286 g/mol. The largest absolute Gasteiger partial charge is 0.495 e. The van der Waals surface area contributed by atoms with Crippen LogP contribution in [0.5, 0.6) is 5.75 Å². The zero-order chi connectivity index (χ0) is 13.7. The minimum atomic E-state index is -0.0348. The minimum absolute atomic E-state index is 0.00913. The van der Waals surface area contributed by atoms with Gasteiger partial charge in [0.1, 0.15) is 10.6 Å². The van der Waals surface area contributed by atoms with Gasteiger partial charge in [-0.05, 0) is 18.4 Å². The van der Waals surface area contributed by atoms with Gasteiger partial charge in [-0.15, -0.1) is 11.3 Å². The lowest BCUT2D eigenvalue weighted by Gasteiger charge is -2.23. The molecule has 100 valence electrons. The minimum Gasteiger partial charge on any atom is -0.495 e. The van der Waals surface area contributed by atoms with Crippen molar-refractivity contribution in [1.29, 1.82) is 0 Å². The van der Waals surface area contributed by atoms with Crippen LogP contribution in [0.3, 0.4) is 0 Å². The molecule has 0 aliphatic carbocycles. The maximum absolute atomic E-state index is 12.3. The van der Waals surface area contributed by atoms with E-state index in [1.165, 1.54) is 11.3 Å². The second-order valence-electron chi connectivity index (χ2n) is 3.97. The SMILES string of the molecule is CCN(CC(C)C(N)=S)C(=O)c1sccc1OC. The number of carbonyl (C=O) groups excluding carboxylic acids is 1. The molecule has 0 fully saturated rings. The molecule has 0 aromatic carbocycles. The highest BCUT2D eigenvalue weighted by molar-refractivity contribution is 7.80. The van der Waals surface area contributed by atoms with Gasteiger partial charge in [-0.3, -0.25) is 4.79 Å². The van der Waals surface area contributed by atoms with Gasteiger partial charge < -0.3 is 15.4 Å². The fourth-order valence-electron chi connectivity index (χ4n) is 1.53. The lowest BCUT2D eigenvalue weighted by atomic mass is 10.1. The van der Waals surface area contributed by atoms with Crippen LogP contribution in [-0.2, 0) is 0 Å². The van der Waals surface area contributed by atoms with Crippen LogP contribution in [-0.4, -0.2) is 36.0 Å². The zero-order valence-corrected chi connectivity index (χ0v) is 12.4. The molecule has 4 nitrogen and oxygen atoms in total. The number of nitrogens with two attached hydrogens (primary N) is 1. The number of nitrogens with zero attached hydrogens (tertiary/aromatic N) is 1. The van der Waals surface area contributed by atoms with Gasteiger partial charge in [0.15, 0.2) is 0 Å². The van der Waals surface area contributed by atoms with Crippen molar-refractivity contribution in [2.45, 2.75) is 13.8 Å². The average Bonchev–Trinajstić information content (AvgIpc) is 2.82. The second-order valence-corrected chi connectivity index (χ2v) is 5.35. The fourth-order valence-corrected chi connectivity index (χ4v) is 2.43. The number of thiophene rings is 1. The van der Waals surface area contributed by atoms with E-state index >= 15 is 0 Å². The van der Waals surface area contributed by atoms with E-state index < -0.39 is 0 Å². The van der Waals surface area contributed by atoms with Crippen LogP contribution < -0.4 is 10.5 Å². The number of hydrogen-bond acceptors (Lipinski definition) is 4. The molecule has 0 spiro atoms. The topological polar surface area (TPSA) is 55.6 Å². The van der Waals surface area contributed by atoms with Gasteiger partial charge in [0, 0.05) is 19.0 Å². The fraction of sp³-hybridized carbons (Fsp3) is 0.500. The summed E-state index contributed by atoms with van der Waals surface area (Å²) in [7, 11) is 1.56. The Morgan fingerprint density at radius 3 is 2.83 bits per heavy atom. The van der Waals surface area contributed by atoms with E-state index in [2.05, 4.69) is 0 Å². The smallest absolute Gasteiger partial charge is 0.267 e. The molecule has 6 heteroatoms. The van der Waals surface area contributed by atoms with Crippen LogP contribution >= 0.6 is 23.6 Å². The molecule has 0 radical (unpaired) electrons. The molecule has 1 aromatic rings. The standard InChI is InChI=1S/C12H18N2O2S2/c1-4-14(7-8(2)11(13)17)12(15)10-9(16-3)5-6-18-10/h5-6,8H,4,7H2,1-3H3,(H2,13,17). The quantitative estimate of drug-likeness (QED) is 0.814. The maximum atomic E-state index is 12.3. The van der Waals surface area contributed by atoms with Crippen molar-refractivity contribution in [1.82, 2.24) is 4.90 Å². The third kappa shape index (κ3) is 3.43. The van der Waals surface area contributed by atoms with E-state index in [9.17, 15) is 4.79 Å². The Labute approximate surface area is 117 Å². The number of ether oxygens (including phenoxy) is 1. The van der Waals surface area contributed by atoms with E-state index in [1.807, 2.05) is 19.2 Å². The van der Waals surface area contributed by atoms with Crippen molar-refractivity contribution < 1.29 is 9.53 Å². The van der Waals surface area contributed by atoms with Crippen LogP contribution in [0.25, 0.3) is 0 Å². The Hall–Kier alpha value is -1.14. The number of carbonyl (C=O) groups is 1.